The summed E-state index contributed by atoms with van der Waals surface area (Å²) in [5.74, 6) is 0.643. The van der Waals surface area contributed by atoms with Gasteiger partial charge in [-0.25, -0.2) is 4.79 Å². The molecule has 1 saturated carbocycles. The Balaban J connectivity index is 1.98. The second-order valence-electron chi connectivity index (χ2n) is 7.78. The van der Waals surface area contributed by atoms with Crippen molar-refractivity contribution in [3.63, 3.8) is 0 Å². The lowest BCUT2D eigenvalue weighted by Crippen LogP contribution is -2.40. The Labute approximate surface area is 135 Å². The minimum atomic E-state index is -0.313. The zero-order valence-corrected chi connectivity index (χ0v) is 14.1. The topological polar surface area (TPSA) is 80.9 Å². The molecular formula is C18H25N3O2. The van der Waals surface area contributed by atoms with Crippen molar-refractivity contribution in [2.45, 2.75) is 52.5 Å². The Morgan fingerprint density at radius 2 is 1.78 bits per heavy atom. The average Bonchev–Trinajstić information content (AvgIpc) is 2.48. The highest BCUT2D eigenvalue weighted by Crippen LogP contribution is 2.40. The molecule has 23 heavy (non-hydrogen) atoms. The van der Waals surface area contributed by atoms with E-state index in [1.165, 1.54) is 4.57 Å². The predicted octanol–water partition coefficient (Wildman–Crippen LogP) is 3.05. The molecule has 0 saturated heterocycles. The Kier molecular flexibility index (Phi) is 3.82. The van der Waals surface area contributed by atoms with Gasteiger partial charge in [-0.15, -0.1) is 0 Å². The fraction of sp³-hybridized carbons (Fsp3) is 0.556. The SMILES string of the molecule is CC(C)(C)C1CCC(n2c(=O)[nH]c3ccc(N)cc3c2=O)CC1. The third-order valence-corrected chi connectivity index (χ3v) is 5.24. The monoisotopic (exact) mass is 315 g/mol. The predicted molar refractivity (Wildman–Crippen MR) is 93.7 cm³/mol. The number of fused-ring (bicyclic) bond motifs is 1. The van der Waals surface area contributed by atoms with Gasteiger partial charge >= 0.3 is 5.69 Å². The average molecular weight is 315 g/mol. The first-order chi connectivity index (χ1) is 10.8. The first kappa shape index (κ1) is 15.8. The Bertz CT molecular complexity index is 834. The molecule has 1 fully saturated rings. The fourth-order valence-electron chi connectivity index (χ4n) is 3.78. The van der Waals surface area contributed by atoms with E-state index in [2.05, 4.69) is 25.8 Å². The van der Waals surface area contributed by atoms with Gasteiger partial charge in [-0.05, 0) is 55.2 Å². The smallest absolute Gasteiger partial charge is 0.329 e. The summed E-state index contributed by atoms with van der Waals surface area (Å²) in [6.07, 6.45) is 3.85. The van der Waals surface area contributed by atoms with Gasteiger partial charge in [0.1, 0.15) is 0 Å². The van der Waals surface area contributed by atoms with Crippen LogP contribution in [0, 0.1) is 11.3 Å². The largest absolute Gasteiger partial charge is 0.399 e. The Morgan fingerprint density at radius 3 is 2.39 bits per heavy atom. The lowest BCUT2D eigenvalue weighted by atomic mass is 9.71. The van der Waals surface area contributed by atoms with Gasteiger partial charge < -0.3 is 10.7 Å². The second-order valence-corrected chi connectivity index (χ2v) is 7.78. The van der Waals surface area contributed by atoms with Crippen LogP contribution < -0.4 is 17.0 Å². The van der Waals surface area contributed by atoms with Crippen molar-refractivity contribution in [3.05, 3.63) is 39.0 Å². The molecule has 0 radical (unpaired) electrons. The van der Waals surface area contributed by atoms with Crippen LogP contribution in [-0.4, -0.2) is 9.55 Å². The van der Waals surface area contributed by atoms with Crippen LogP contribution in [0.5, 0.6) is 0 Å². The standard InChI is InChI=1S/C18H25N3O2/c1-18(2,3)11-4-7-13(8-5-11)21-16(22)14-10-12(19)6-9-15(14)20-17(21)23/h6,9-11,13H,4-5,7-8,19H2,1-3H3,(H,20,23). The van der Waals surface area contributed by atoms with Crippen LogP contribution in [0.1, 0.15) is 52.5 Å². The fourth-order valence-corrected chi connectivity index (χ4v) is 3.78. The first-order valence-electron chi connectivity index (χ1n) is 8.31. The van der Waals surface area contributed by atoms with E-state index in [1.807, 2.05) is 0 Å². The molecule has 0 atom stereocenters. The quantitative estimate of drug-likeness (QED) is 0.794. The summed E-state index contributed by atoms with van der Waals surface area (Å²) in [6, 6.07) is 5.01. The molecule has 124 valence electrons. The van der Waals surface area contributed by atoms with Gasteiger partial charge in [-0.2, -0.15) is 0 Å². The number of rotatable bonds is 1. The molecule has 1 aromatic heterocycles. The highest BCUT2D eigenvalue weighted by Gasteiger charge is 2.31. The van der Waals surface area contributed by atoms with Gasteiger partial charge in [0.2, 0.25) is 0 Å². The Hall–Kier alpha value is -2.04. The van der Waals surface area contributed by atoms with Crippen molar-refractivity contribution >= 4 is 16.6 Å². The lowest BCUT2D eigenvalue weighted by Gasteiger charge is -2.37. The molecule has 1 aliphatic carbocycles. The molecule has 1 aliphatic rings. The van der Waals surface area contributed by atoms with Crippen molar-refractivity contribution < 1.29 is 0 Å². The zero-order valence-electron chi connectivity index (χ0n) is 14.1. The van der Waals surface area contributed by atoms with E-state index in [1.54, 1.807) is 18.2 Å². The number of nitrogens with two attached hydrogens (primary N) is 1. The number of H-pyrrole nitrogens is 1. The minimum Gasteiger partial charge on any atom is -0.399 e. The van der Waals surface area contributed by atoms with Crippen LogP contribution in [0.4, 0.5) is 5.69 Å². The number of aromatic nitrogens is 2. The number of nitrogen functional groups attached to an aromatic ring is 1. The maximum atomic E-state index is 12.8. The van der Waals surface area contributed by atoms with Gasteiger partial charge in [0.25, 0.3) is 5.56 Å². The lowest BCUT2D eigenvalue weighted by molar-refractivity contribution is 0.149. The van der Waals surface area contributed by atoms with E-state index in [9.17, 15) is 9.59 Å². The molecule has 0 bridgehead atoms. The number of hydrogen-bond acceptors (Lipinski definition) is 3. The molecule has 3 N–H and O–H groups in total. The van der Waals surface area contributed by atoms with Crippen LogP contribution in [-0.2, 0) is 0 Å². The van der Waals surface area contributed by atoms with Gasteiger partial charge in [-0.1, -0.05) is 20.8 Å². The zero-order chi connectivity index (χ0) is 16.8. The van der Waals surface area contributed by atoms with Crippen molar-refractivity contribution in [2.75, 3.05) is 5.73 Å². The van der Waals surface area contributed by atoms with Gasteiger partial charge in [-0.3, -0.25) is 9.36 Å². The molecular weight excluding hydrogens is 290 g/mol. The van der Waals surface area contributed by atoms with Crippen LogP contribution in [0.25, 0.3) is 10.9 Å². The van der Waals surface area contributed by atoms with Crippen molar-refractivity contribution in [1.29, 1.82) is 0 Å². The molecule has 2 aromatic rings. The van der Waals surface area contributed by atoms with Crippen LogP contribution in [0.15, 0.2) is 27.8 Å². The van der Waals surface area contributed by atoms with E-state index in [-0.39, 0.29) is 22.7 Å². The van der Waals surface area contributed by atoms with Crippen molar-refractivity contribution in [3.8, 4) is 0 Å². The summed E-state index contributed by atoms with van der Waals surface area (Å²) < 4.78 is 1.40. The summed E-state index contributed by atoms with van der Waals surface area (Å²) in [4.78, 5) is 28.0. The number of benzene rings is 1. The number of nitrogens with zero attached hydrogens (tertiary/aromatic N) is 1. The van der Waals surface area contributed by atoms with E-state index in [0.29, 0.717) is 22.5 Å². The highest BCUT2D eigenvalue weighted by molar-refractivity contribution is 5.80. The van der Waals surface area contributed by atoms with E-state index < -0.39 is 0 Å². The van der Waals surface area contributed by atoms with Crippen LogP contribution in [0.3, 0.4) is 0 Å². The minimum absolute atomic E-state index is 0.0179. The maximum Gasteiger partial charge on any atom is 0.329 e. The van der Waals surface area contributed by atoms with Crippen molar-refractivity contribution in [1.82, 2.24) is 9.55 Å². The number of aromatic amines is 1. The summed E-state index contributed by atoms with van der Waals surface area (Å²) in [5.41, 5.74) is 6.61. The van der Waals surface area contributed by atoms with E-state index >= 15 is 0 Å². The highest BCUT2D eigenvalue weighted by atomic mass is 16.2. The van der Waals surface area contributed by atoms with Gasteiger partial charge in [0, 0.05) is 11.7 Å². The third-order valence-electron chi connectivity index (χ3n) is 5.24. The molecule has 0 amide bonds. The van der Waals surface area contributed by atoms with E-state index in [0.717, 1.165) is 25.7 Å². The molecule has 5 heteroatoms. The summed E-state index contributed by atoms with van der Waals surface area (Å²) in [5, 5.41) is 0.488. The third kappa shape index (κ3) is 2.92. The van der Waals surface area contributed by atoms with Crippen LogP contribution >= 0.6 is 0 Å². The van der Waals surface area contributed by atoms with Crippen molar-refractivity contribution in [2.24, 2.45) is 11.3 Å². The summed E-state index contributed by atoms with van der Waals surface area (Å²) >= 11 is 0. The molecule has 0 spiro atoms. The molecule has 3 rings (SSSR count). The van der Waals surface area contributed by atoms with Gasteiger partial charge in [0.15, 0.2) is 0 Å². The first-order valence-corrected chi connectivity index (χ1v) is 8.31. The molecule has 0 unspecified atom stereocenters. The van der Waals surface area contributed by atoms with E-state index in [4.69, 9.17) is 5.73 Å². The van der Waals surface area contributed by atoms with Crippen LogP contribution in [0.2, 0.25) is 0 Å². The number of hydrogen-bond donors (Lipinski definition) is 2. The molecule has 5 nitrogen and oxygen atoms in total. The number of anilines is 1. The summed E-state index contributed by atoms with van der Waals surface area (Å²) in [7, 11) is 0. The maximum absolute atomic E-state index is 12.8. The van der Waals surface area contributed by atoms with Gasteiger partial charge in [0.05, 0.1) is 10.9 Å². The second kappa shape index (κ2) is 5.55. The normalized spacial score (nSPS) is 22.4. The molecule has 0 aliphatic heterocycles. The Morgan fingerprint density at radius 1 is 1.13 bits per heavy atom. The molecule has 1 heterocycles. The summed E-state index contributed by atoms with van der Waals surface area (Å²) in [6.45, 7) is 6.78. The molecule has 1 aromatic carbocycles. The number of nitrogens with one attached hydrogen (secondary N) is 1.